The average Bonchev–Trinajstić information content (AvgIpc) is 2.42. The molecule has 0 atom stereocenters. The second kappa shape index (κ2) is 5.86. The fraction of sp³-hybridized carbons (Fsp3) is 0.143. The number of hydrogen-bond acceptors (Lipinski definition) is 3. The summed E-state index contributed by atoms with van der Waals surface area (Å²) in [6, 6.07) is 13.5. The van der Waals surface area contributed by atoms with E-state index in [1.165, 1.54) is 0 Å². The van der Waals surface area contributed by atoms with E-state index in [0.29, 0.717) is 0 Å². The van der Waals surface area contributed by atoms with E-state index in [1.807, 2.05) is 42.5 Å². The molecule has 5 heteroatoms. The molecule has 0 aliphatic rings. The Kier molecular flexibility index (Phi) is 3.97. The highest BCUT2D eigenvalue weighted by Crippen LogP contribution is 2.22. The molecule has 2 rings (SSSR count). The second-order valence-electron chi connectivity index (χ2n) is 4.09. The number of hydrogen-bond donors (Lipinski definition) is 3. The maximum absolute atomic E-state index is 11.4. The largest absolute Gasteiger partial charge is 0.481 e. The van der Waals surface area contributed by atoms with Crippen molar-refractivity contribution in [1.29, 1.82) is 0 Å². The number of rotatable bonds is 5. The first-order valence-corrected chi connectivity index (χ1v) is 5.91. The Hall–Kier alpha value is -2.56. The van der Waals surface area contributed by atoms with Crippen molar-refractivity contribution in [3.8, 4) is 0 Å². The van der Waals surface area contributed by atoms with Gasteiger partial charge in [-0.1, -0.05) is 36.4 Å². The van der Waals surface area contributed by atoms with Crippen molar-refractivity contribution in [1.82, 2.24) is 5.43 Å². The number of carbonyl (C=O) groups is 2. The van der Waals surface area contributed by atoms with Gasteiger partial charge in [-0.3, -0.25) is 20.4 Å². The molecule has 2 aromatic carbocycles. The third kappa shape index (κ3) is 3.45. The van der Waals surface area contributed by atoms with Crippen LogP contribution in [0.5, 0.6) is 0 Å². The quantitative estimate of drug-likeness (QED) is 0.718. The van der Waals surface area contributed by atoms with Crippen LogP contribution in [0.1, 0.15) is 12.8 Å². The Labute approximate surface area is 110 Å². The third-order valence-corrected chi connectivity index (χ3v) is 2.69. The van der Waals surface area contributed by atoms with Gasteiger partial charge in [0.15, 0.2) is 0 Å². The molecule has 2 aromatic rings. The predicted molar refractivity (Wildman–Crippen MR) is 72.6 cm³/mol. The van der Waals surface area contributed by atoms with E-state index >= 15 is 0 Å². The van der Waals surface area contributed by atoms with Crippen LogP contribution in [-0.4, -0.2) is 17.0 Å². The van der Waals surface area contributed by atoms with Crippen LogP contribution in [0.15, 0.2) is 42.5 Å². The number of carboxylic acid groups (broad SMARTS) is 1. The molecule has 0 aliphatic heterocycles. The number of aliphatic carboxylic acids is 1. The molecule has 3 N–H and O–H groups in total. The van der Waals surface area contributed by atoms with Crippen molar-refractivity contribution >= 4 is 28.3 Å². The number of carbonyl (C=O) groups excluding carboxylic acids is 1. The van der Waals surface area contributed by atoms with E-state index in [-0.39, 0.29) is 18.7 Å². The first kappa shape index (κ1) is 12.9. The highest BCUT2D eigenvalue weighted by molar-refractivity contribution is 5.94. The number of carboxylic acids is 1. The number of benzene rings is 2. The summed E-state index contributed by atoms with van der Waals surface area (Å²) in [5, 5.41) is 10.5. The molecular weight excluding hydrogens is 244 g/mol. The molecule has 0 bridgehead atoms. The van der Waals surface area contributed by atoms with E-state index in [0.717, 1.165) is 16.5 Å². The second-order valence-corrected chi connectivity index (χ2v) is 4.09. The van der Waals surface area contributed by atoms with Crippen LogP contribution in [0, 0.1) is 0 Å². The first-order valence-electron chi connectivity index (χ1n) is 5.91. The third-order valence-electron chi connectivity index (χ3n) is 2.69. The van der Waals surface area contributed by atoms with Crippen molar-refractivity contribution in [2.75, 3.05) is 5.43 Å². The molecule has 0 aliphatic carbocycles. The lowest BCUT2D eigenvalue weighted by Gasteiger charge is -2.10. The number of anilines is 1. The molecule has 0 saturated carbocycles. The van der Waals surface area contributed by atoms with Crippen LogP contribution < -0.4 is 10.9 Å². The molecule has 0 spiro atoms. The van der Waals surface area contributed by atoms with Crippen molar-refractivity contribution in [3.63, 3.8) is 0 Å². The molecule has 98 valence electrons. The standard InChI is InChI=1S/C14H14N2O3/c17-13(8-9-14(18)19)16-15-12-7-3-5-10-4-1-2-6-11(10)12/h1-7,15H,8-9H2,(H,16,17)(H,18,19). The van der Waals surface area contributed by atoms with Gasteiger partial charge in [-0.2, -0.15) is 0 Å². The van der Waals surface area contributed by atoms with Gasteiger partial charge in [0.1, 0.15) is 0 Å². The van der Waals surface area contributed by atoms with Gasteiger partial charge in [0.25, 0.3) is 0 Å². The van der Waals surface area contributed by atoms with Crippen molar-refractivity contribution in [2.24, 2.45) is 0 Å². The number of hydrazine groups is 1. The Balaban J connectivity index is 2.02. The van der Waals surface area contributed by atoms with Crippen LogP contribution in [0.3, 0.4) is 0 Å². The lowest BCUT2D eigenvalue weighted by molar-refractivity contribution is -0.138. The first-order chi connectivity index (χ1) is 9.16. The van der Waals surface area contributed by atoms with Crippen LogP contribution in [0.4, 0.5) is 5.69 Å². The summed E-state index contributed by atoms with van der Waals surface area (Å²) in [5.41, 5.74) is 6.09. The summed E-state index contributed by atoms with van der Waals surface area (Å²) in [4.78, 5) is 21.8. The summed E-state index contributed by atoms with van der Waals surface area (Å²) < 4.78 is 0. The fourth-order valence-electron chi connectivity index (χ4n) is 1.75. The summed E-state index contributed by atoms with van der Waals surface area (Å²) in [7, 11) is 0. The summed E-state index contributed by atoms with van der Waals surface area (Å²) >= 11 is 0. The molecule has 5 nitrogen and oxygen atoms in total. The molecule has 0 unspecified atom stereocenters. The Morgan fingerprint density at radius 1 is 1.00 bits per heavy atom. The smallest absolute Gasteiger partial charge is 0.303 e. The van der Waals surface area contributed by atoms with Gasteiger partial charge in [-0.05, 0) is 11.5 Å². The Morgan fingerprint density at radius 2 is 1.74 bits per heavy atom. The predicted octanol–water partition coefficient (Wildman–Crippen LogP) is 2.15. The molecular formula is C14H14N2O3. The SMILES string of the molecule is O=C(O)CCC(=O)NNc1cccc2ccccc12. The van der Waals surface area contributed by atoms with E-state index in [2.05, 4.69) is 10.9 Å². The highest BCUT2D eigenvalue weighted by Gasteiger charge is 2.05. The van der Waals surface area contributed by atoms with Gasteiger partial charge < -0.3 is 5.11 Å². The number of nitrogens with one attached hydrogen (secondary N) is 2. The molecule has 0 saturated heterocycles. The summed E-state index contributed by atoms with van der Waals surface area (Å²) in [5.74, 6) is -1.34. The summed E-state index contributed by atoms with van der Waals surface area (Å²) in [6.07, 6.45) is -0.226. The maximum atomic E-state index is 11.4. The zero-order valence-corrected chi connectivity index (χ0v) is 10.2. The zero-order valence-electron chi connectivity index (χ0n) is 10.2. The van der Waals surface area contributed by atoms with Crippen LogP contribution in [0.2, 0.25) is 0 Å². The molecule has 0 radical (unpaired) electrons. The highest BCUT2D eigenvalue weighted by atomic mass is 16.4. The van der Waals surface area contributed by atoms with E-state index in [4.69, 9.17) is 5.11 Å². The molecule has 0 aromatic heterocycles. The van der Waals surface area contributed by atoms with Gasteiger partial charge in [-0.25, -0.2) is 0 Å². The van der Waals surface area contributed by atoms with Gasteiger partial charge in [0.2, 0.25) is 5.91 Å². The molecule has 1 amide bonds. The van der Waals surface area contributed by atoms with Crippen LogP contribution in [0.25, 0.3) is 10.8 Å². The van der Waals surface area contributed by atoms with Gasteiger partial charge in [0, 0.05) is 11.8 Å². The fourth-order valence-corrected chi connectivity index (χ4v) is 1.75. The van der Waals surface area contributed by atoms with Crippen molar-refractivity contribution in [2.45, 2.75) is 12.8 Å². The van der Waals surface area contributed by atoms with E-state index < -0.39 is 5.97 Å². The Morgan fingerprint density at radius 3 is 2.53 bits per heavy atom. The molecule has 19 heavy (non-hydrogen) atoms. The van der Waals surface area contributed by atoms with E-state index in [9.17, 15) is 9.59 Å². The van der Waals surface area contributed by atoms with Gasteiger partial charge in [0.05, 0.1) is 12.1 Å². The van der Waals surface area contributed by atoms with Crippen molar-refractivity contribution in [3.05, 3.63) is 42.5 Å². The van der Waals surface area contributed by atoms with Crippen LogP contribution >= 0.6 is 0 Å². The van der Waals surface area contributed by atoms with Gasteiger partial charge in [-0.15, -0.1) is 0 Å². The van der Waals surface area contributed by atoms with Crippen molar-refractivity contribution < 1.29 is 14.7 Å². The maximum Gasteiger partial charge on any atom is 0.303 e. The minimum atomic E-state index is -0.986. The topological polar surface area (TPSA) is 78.4 Å². The average molecular weight is 258 g/mol. The van der Waals surface area contributed by atoms with Gasteiger partial charge >= 0.3 is 5.97 Å². The monoisotopic (exact) mass is 258 g/mol. The molecule has 0 heterocycles. The summed E-state index contributed by atoms with van der Waals surface area (Å²) in [6.45, 7) is 0. The Bertz CT molecular complexity index is 605. The minimum absolute atomic E-state index is 0.0485. The molecule has 0 fully saturated rings. The van der Waals surface area contributed by atoms with Crippen LogP contribution in [-0.2, 0) is 9.59 Å². The lowest BCUT2D eigenvalue weighted by atomic mass is 10.1. The van der Waals surface area contributed by atoms with E-state index in [1.54, 1.807) is 0 Å². The normalized spacial score (nSPS) is 10.1. The zero-order chi connectivity index (χ0) is 13.7. The number of amides is 1. The minimum Gasteiger partial charge on any atom is -0.481 e. The lowest BCUT2D eigenvalue weighted by Crippen LogP contribution is -2.29. The number of fused-ring (bicyclic) bond motifs is 1.